The van der Waals surface area contributed by atoms with Crippen molar-refractivity contribution in [3.8, 4) is 0 Å². The van der Waals surface area contributed by atoms with Gasteiger partial charge in [-0.25, -0.2) is 13.4 Å². The van der Waals surface area contributed by atoms with E-state index >= 15 is 0 Å². The first kappa shape index (κ1) is 16.4. The van der Waals surface area contributed by atoms with Crippen LogP contribution in [0.4, 0.5) is 0 Å². The van der Waals surface area contributed by atoms with Gasteiger partial charge in [-0.3, -0.25) is 0 Å². The van der Waals surface area contributed by atoms with Crippen LogP contribution < -0.4 is 4.83 Å². The molecule has 0 saturated carbocycles. The summed E-state index contributed by atoms with van der Waals surface area (Å²) in [6.07, 6.45) is 3.17. The van der Waals surface area contributed by atoms with Gasteiger partial charge in [-0.2, -0.15) is 0 Å². The van der Waals surface area contributed by atoms with Crippen LogP contribution in [0.3, 0.4) is 0 Å². The topological polar surface area (TPSA) is 69.6 Å². The lowest BCUT2D eigenvalue weighted by atomic mass is 10.0. The van der Waals surface area contributed by atoms with Crippen molar-refractivity contribution < 1.29 is 13.5 Å². The van der Waals surface area contributed by atoms with Crippen molar-refractivity contribution >= 4 is 10.0 Å². The molecule has 0 spiro atoms. The third kappa shape index (κ3) is 4.51. The molecule has 1 fully saturated rings. The van der Waals surface area contributed by atoms with Crippen LogP contribution in [0.2, 0.25) is 0 Å². The van der Waals surface area contributed by atoms with Crippen molar-refractivity contribution in [1.29, 1.82) is 0 Å². The molecule has 1 aliphatic heterocycles. The second-order valence-corrected chi connectivity index (χ2v) is 7.56. The Balaban J connectivity index is 2.03. The summed E-state index contributed by atoms with van der Waals surface area (Å²) < 4.78 is 24.6. The van der Waals surface area contributed by atoms with Crippen LogP contribution in [0.1, 0.15) is 44.2 Å². The van der Waals surface area contributed by atoms with Gasteiger partial charge in [0.1, 0.15) is 0 Å². The van der Waals surface area contributed by atoms with Gasteiger partial charge < -0.3 is 5.11 Å². The van der Waals surface area contributed by atoms with Gasteiger partial charge >= 0.3 is 0 Å². The highest BCUT2D eigenvalue weighted by atomic mass is 32.2. The molecule has 2 unspecified atom stereocenters. The molecule has 1 aromatic rings. The molecule has 1 heterocycles. The predicted molar refractivity (Wildman–Crippen MR) is 82.7 cm³/mol. The van der Waals surface area contributed by atoms with Crippen molar-refractivity contribution in [1.82, 2.24) is 9.84 Å². The number of aliphatic hydroxyl groups is 1. The summed E-state index contributed by atoms with van der Waals surface area (Å²) >= 11 is 0. The molecular weight excluding hydrogens is 288 g/mol. The smallest absolute Gasteiger partial charge is 0.228 e. The fraction of sp³-hybridized carbons (Fsp3) is 0.600. The van der Waals surface area contributed by atoms with E-state index in [0.717, 1.165) is 30.4 Å². The number of hydrazine groups is 1. The molecule has 1 aromatic carbocycles. The van der Waals surface area contributed by atoms with E-state index in [4.69, 9.17) is 5.11 Å². The quantitative estimate of drug-likeness (QED) is 0.869. The molecule has 0 bridgehead atoms. The SMILES string of the molecule is CC1CCCC(C)N1NS(=O)(=O)Cc1ccc(CO)cc1. The Hall–Kier alpha value is -0.950. The summed E-state index contributed by atoms with van der Waals surface area (Å²) in [5, 5.41) is 10.9. The van der Waals surface area contributed by atoms with Gasteiger partial charge in [0.25, 0.3) is 0 Å². The molecule has 6 heteroatoms. The lowest BCUT2D eigenvalue weighted by molar-refractivity contribution is 0.0790. The second kappa shape index (κ2) is 6.87. The minimum atomic E-state index is -3.41. The first-order valence-electron chi connectivity index (χ1n) is 7.38. The zero-order valence-corrected chi connectivity index (χ0v) is 13.4. The van der Waals surface area contributed by atoms with E-state index in [0.29, 0.717) is 0 Å². The average Bonchev–Trinajstić information content (AvgIpc) is 2.43. The second-order valence-electron chi connectivity index (χ2n) is 5.86. The predicted octanol–water partition coefficient (Wildman–Crippen LogP) is 1.78. The number of hydrogen-bond donors (Lipinski definition) is 2. The fourth-order valence-electron chi connectivity index (χ4n) is 2.75. The van der Waals surface area contributed by atoms with Crippen LogP contribution in [0, 0.1) is 0 Å². The number of hydrogen-bond acceptors (Lipinski definition) is 4. The fourth-order valence-corrected chi connectivity index (χ4v) is 4.13. The number of piperidine rings is 1. The largest absolute Gasteiger partial charge is 0.392 e. The van der Waals surface area contributed by atoms with Crippen LogP contribution in [-0.4, -0.2) is 30.6 Å². The highest BCUT2D eigenvalue weighted by Gasteiger charge is 2.28. The van der Waals surface area contributed by atoms with Gasteiger partial charge in [0.2, 0.25) is 10.0 Å². The molecule has 5 nitrogen and oxygen atoms in total. The number of benzene rings is 1. The Kier molecular flexibility index (Phi) is 5.37. The van der Waals surface area contributed by atoms with E-state index in [1.165, 1.54) is 0 Å². The maximum Gasteiger partial charge on any atom is 0.228 e. The molecule has 2 rings (SSSR count). The zero-order chi connectivity index (χ0) is 15.5. The minimum Gasteiger partial charge on any atom is -0.392 e. The molecule has 0 aromatic heterocycles. The Bertz CT molecular complexity index is 547. The molecule has 0 aliphatic carbocycles. The van der Waals surface area contributed by atoms with Crippen molar-refractivity contribution in [2.75, 3.05) is 0 Å². The normalized spacial score (nSPS) is 24.1. The summed E-state index contributed by atoms with van der Waals surface area (Å²) in [4.78, 5) is 2.73. The average molecular weight is 312 g/mol. The van der Waals surface area contributed by atoms with E-state index in [1.54, 1.807) is 24.3 Å². The highest BCUT2D eigenvalue weighted by molar-refractivity contribution is 7.88. The summed E-state index contributed by atoms with van der Waals surface area (Å²) in [7, 11) is -3.41. The Morgan fingerprint density at radius 2 is 1.67 bits per heavy atom. The maximum absolute atomic E-state index is 12.3. The number of nitrogens with zero attached hydrogens (tertiary/aromatic N) is 1. The molecule has 1 saturated heterocycles. The monoisotopic (exact) mass is 312 g/mol. The summed E-state index contributed by atoms with van der Waals surface area (Å²) in [6.45, 7) is 4.07. The van der Waals surface area contributed by atoms with Crippen molar-refractivity contribution in [2.45, 2.75) is 57.6 Å². The maximum atomic E-state index is 12.3. The zero-order valence-electron chi connectivity index (χ0n) is 12.6. The number of sulfonamides is 1. The molecule has 2 atom stereocenters. The third-order valence-corrected chi connectivity index (χ3v) is 5.20. The van der Waals surface area contributed by atoms with Crippen molar-refractivity contribution in [3.63, 3.8) is 0 Å². The standard InChI is InChI=1S/C15H24N2O3S/c1-12-4-3-5-13(2)17(12)16-21(19,20)11-15-8-6-14(10-18)7-9-15/h6-9,12-13,16,18H,3-5,10-11H2,1-2H3. The van der Waals surface area contributed by atoms with E-state index in [9.17, 15) is 8.42 Å². The van der Waals surface area contributed by atoms with Crippen molar-refractivity contribution in [2.24, 2.45) is 0 Å². The lowest BCUT2D eigenvalue weighted by Gasteiger charge is -2.38. The van der Waals surface area contributed by atoms with Gasteiger partial charge in [-0.05, 0) is 37.8 Å². The van der Waals surface area contributed by atoms with Crippen LogP contribution >= 0.6 is 0 Å². The summed E-state index contributed by atoms with van der Waals surface area (Å²) in [6, 6.07) is 7.43. The number of aliphatic hydroxyl groups excluding tert-OH is 1. The molecule has 21 heavy (non-hydrogen) atoms. The van der Waals surface area contributed by atoms with E-state index in [2.05, 4.69) is 4.83 Å². The van der Waals surface area contributed by atoms with E-state index in [1.807, 2.05) is 18.9 Å². The third-order valence-electron chi connectivity index (χ3n) is 4.00. The van der Waals surface area contributed by atoms with E-state index in [-0.39, 0.29) is 24.4 Å². The molecule has 2 N–H and O–H groups in total. The molecular formula is C15H24N2O3S. The van der Waals surface area contributed by atoms with Crippen LogP contribution in [0.25, 0.3) is 0 Å². The first-order valence-corrected chi connectivity index (χ1v) is 9.03. The molecule has 1 aliphatic rings. The summed E-state index contributed by atoms with van der Waals surface area (Å²) in [5.74, 6) is -0.0470. The Morgan fingerprint density at radius 1 is 1.14 bits per heavy atom. The molecule has 118 valence electrons. The van der Waals surface area contributed by atoms with Gasteiger partial charge in [0.05, 0.1) is 12.4 Å². The molecule has 0 amide bonds. The molecule has 0 radical (unpaired) electrons. The van der Waals surface area contributed by atoms with E-state index < -0.39 is 10.0 Å². The van der Waals surface area contributed by atoms with Crippen molar-refractivity contribution in [3.05, 3.63) is 35.4 Å². The van der Waals surface area contributed by atoms with Gasteiger partial charge in [0, 0.05) is 12.1 Å². The van der Waals surface area contributed by atoms with Crippen LogP contribution in [0.5, 0.6) is 0 Å². The van der Waals surface area contributed by atoms with Gasteiger partial charge in [-0.1, -0.05) is 30.7 Å². The van der Waals surface area contributed by atoms with Gasteiger partial charge in [0.15, 0.2) is 0 Å². The first-order chi connectivity index (χ1) is 9.91. The number of rotatable bonds is 5. The number of nitrogens with one attached hydrogen (secondary N) is 1. The minimum absolute atomic E-state index is 0.0336. The lowest BCUT2D eigenvalue weighted by Crippen LogP contribution is -2.54. The summed E-state index contributed by atoms with van der Waals surface area (Å²) in [5.41, 5.74) is 1.50. The van der Waals surface area contributed by atoms with Gasteiger partial charge in [-0.15, -0.1) is 4.83 Å². The Labute approximate surface area is 127 Å². The van der Waals surface area contributed by atoms with Crippen LogP contribution in [0.15, 0.2) is 24.3 Å². The van der Waals surface area contributed by atoms with Crippen LogP contribution in [-0.2, 0) is 22.4 Å². The Morgan fingerprint density at radius 3 is 2.19 bits per heavy atom. The highest BCUT2D eigenvalue weighted by Crippen LogP contribution is 2.21.